The van der Waals surface area contributed by atoms with Crippen LogP contribution in [0.5, 0.6) is 0 Å². The summed E-state index contributed by atoms with van der Waals surface area (Å²) in [7, 11) is 0. The fourth-order valence-electron chi connectivity index (χ4n) is 4.30. The summed E-state index contributed by atoms with van der Waals surface area (Å²) in [5, 5.41) is 0. The van der Waals surface area contributed by atoms with E-state index in [0.29, 0.717) is 0 Å². The van der Waals surface area contributed by atoms with E-state index in [0.717, 1.165) is 36.4 Å². The molecule has 0 fully saturated rings. The Labute approximate surface area is 185 Å². The topological polar surface area (TPSA) is 18.5 Å². The number of halogens is 8. The third-order valence-corrected chi connectivity index (χ3v) is 5.79. The van der Waals surface area contributed by atoms with Gasteiger partial charge in [0.05, 0.1) is 0 Å². The second kappa shape index (κ2) is 8.54. The van der Waals surface area contributed by atoms with Gasteiger partial charge in [0.15, 0.2) is 5.41 Å². The van der Waals surface area contributed by atoms with Gasteiger partial charge in [0, 0.05) is 13.2 Å². The van der Waals surface area contributed by atoms with Gasteiger partial charge in [-0.25, -0.2) is 0 Å². The van der Waals surface area contributed by atoms with Crippen LogP contribution in [0.4, 0.5) is 35.1 Å². The lowest BCUT2D eigenvalue weighted by atomic mass is 9.64. The van der Waals surface area contributed by atoms with Gasteiger partial charge in [-0.2, -0.15) is 35.1 Å². The molecule has 33 heavy (non-hydrogen) atoms. The molecule has 0 N–H and O–H groups in total. The minimum Gasteiger partial charge on any atom is -0.375 e. The molecule has 182 valence electrons. The monoisotopic (exact) mass is 482 g/mol. The Morgan fingerprint density at radius 2 is 0.939 bits per heavy atom. The van der Waals surface area contributed by atoms with E-state index in [-0.39, 0.29) is 11.1 Å². The summed E-state index contributed by atoms with van der Waals surface area (Å²) in [6.45, 7) is -2.21. The second-order valence-corrected chi connectivity index (χ2v) is 7.67. The normalized spacial score (nSPS) is 15.9. The van der Waals surface area contributed by atoms with Gasteiger partial charge < -0.3 is 9.47 Å². The fraction of sp³-hybridized carbons (Fsp3) is 0.478. The molecule has 0 unspecified atom stereocenters. The molecule has 0 spiro atoms. The highest BCUT2D eigenvalue weighted by molar-refractivity contribution is 5.83. The molecular formula is C23H22F8O2. The molecule has 0 saturated heterocycles. The quantitative estimate of drug-likeness (QED) is 0.357. The molecule has 3 rings (SSSR count). The average Bonchev–Trinajstić information content (AvgIpc) is 3.08. The van der Waals surface area contributed by atoms with Crippen molar-refractivity contribution in [2.45, 2.75) is 43.0 Å². The largest absolute Gasteiger partial charge is 0.375 e. The predicted molar refractivity (Wildman–Crippen MR) is 105 cm³/mol. The van der Waals surface area contributed by atoms with Crippen molar-refractivity contribution in [2.75, 3.05) is 26.4 Å². The lowest BCUT2D eigenvalue weighted by molar-refractivity contribution is -0.333. The molecule has 1 aliphatic rings. The van der Waals surface area contributed by atoms with E-state index in [1.54, 1.807) is 0 Å². The van der Waals surface area contributed by atoms with E-state index < -0.39 is 66.7 Å². The van der Waals surface area contributed by atoms with Gasteiger partial charge in [-0.3, -0.25) is 0 Å². The molecule has 0 bridgehead atoms. The molecule has 0 aliphatic heterocycles. The zero-order valence-electron chi connectivity index (χ0n) is 17.8. The first-order valence-electron chi connectivity index (χ1n) is 10.2. The van der Waals surface area contributed by atoms with Crippen molar-refractivity contribution in [2.24, 2.45) is 0 Å². The Bertz CT molecular complexity index is 910. The molecule has 2 nitrogen and oxygen atoms in total. The van der Waals surface area contributed by atoms with Crippen LogP contribution in [0, 0.1) is 0 Å². The second-order valence-electron chi connectivity index (χ2n) is 7.67. The van der Waals surface area contributed by atoms with Crippen molar-refractivity contribution in [3.05, 3.63) is 59.7 Å². The molecule has 2 aromatic rings. The van der Waals surface area contributed by atoms with Crippen molar-refractivity contribution >= 4 is 0 Å². The summed E-state index contributed by atoms with van der Waals surface area (Å²) >= 11 is 0. The molecule has 10 heteroatoms. The highest BCUT2D eigenvalue weighted by atomic mass is 19.3. The van der Waals surface area contributed by atoms with Gasteiger partial charge >= 0.3 is 23.7 Å². The van der Waals surface area contributed by atoms with Gasteiger partial charge in [0.2, 0.25) is 0 Å². The Kier molecular flexibility index (Phi) is 6.58. The number of hydrogen-bond donors (Lipinski definition) is 0. The van der Waals surface area contributed by atoms with Crippen LogP contribution in [0.1, 0.15) is 25.0 Å². The fourth-order valence-corrected chi connectivity index (χ4v) is 4.30. The van der Waals surface area contributed by atoms with Crippen LogP contribution in [0.2, 0.25) is 0 Å². The van der Waals surface area contributed by atoms with Crippen LogP contribution in [0.3, 0.4) is 0 Å². The van der Waals surface area contributed by atoms with Gasteiger partial charge in [-0.15, -0.1) is 0 Å². The SMILES string of the molecule is CCOCC(F)(F)C(F)(F)C1(C(F)(F)C(F)(F)COCC)c2ccccc2-c2ccccc21. The molecule has 0 saturated carbocycles. The average molecular weight is 482 g/mol. The van der Waals surface area contributed by atoms with Crippen molar-refractivity contribution in [3.8, 4) is 11.1 Å². The minimum atomic E-state index is -5.70. The molecule has 2 aromatic carbocycles. The van der Waals surface area contributed by atoms with Crippen LogP contribution in [-0.2, 0) is 14.9 Å². The van der Waals surface area contributed by atoms with Gasteiger partial charge in [-0.1, -0.05) is 48.5 Å². The third kappa shape index (κ3) is 3.44. The number of ether oxygens (including phenoxy) is 2. The summed E-state index contributed by atoms with van der Waals surface area (Å²) in [6, 6.07) is 8.58. The van der Waals surface area contributed by atoms with E-state index in [2.05, 4.69) is 9.47 Å². The van der Waals surface area contributed by atoms with Crippen LogP contribution >= 0.6 is 0 Å². The minimum absolute atomic E-state index is 0.258. The Balaban J connectivity index is 2.44. The summed E-state index contributed by atoms with van der Waals surface area (Å²) in [4.78, 5) is 0. The van der Waals surface area contributed by atoms with E-state index in [9.17, 15) is 17.6 Å². The number of fused-ring (bicyclic) bond motifs is 3. The molecule has 0 atom stereocenters. The number of hydrogen-bond acceptors (Lipinski definition) is 2. The van der Waals surface area contributed by atoms with E-state index >= 15 is 17.6 Å². The first-order chi connectivity index (χ1) is 15.3. The molecule has 0 radical (unpaired) electrons. The maximum absolute atomic E-state index is 15.9. The van der Waals surface area contributed by atoms with Crippen molar-refractivity contribution in [3.63, 3.8) is 0 Å². The lowest BCUT2D eigenvalue weighted by Gasteiger charge is -2.48. The Hall–Kier alpha value is -2.20. The van der Waals surface area contributed by atoms with Crippen molar-refractivity contribution in [1.82, 2.24) is 0 Å². The summed E-state index contributed by atoms with van der Waals surface area (Å²) < 4.78 is 132. The molecular weight excluding hydrogens is 460 g/mol. The maximum atomic E-state index is 15.9. The highest BCUT2D eigenvalue weighted by Crippen LogP contribution is 2.68. The van der Waals surface area contributed by atoms with Gasteiger partial charge in [-0.05, 0) is 36.1 Å². The number of benzene rings is 2. The zero-order chi connectivity index (χ0) is 24.7. The Morgan fingerprint density at radius 3 is 1.27 bits per heavy atom. The predicted octanol–water partition coefficient (Wildman–Crippen LogP) is 6.57. The summed E-state index contributed by atoms with van der Waals surface area (Å²) in [6.07, 6.45) is 0. The standard InChI is InChI=1S/C23H22F8O2/c1-3-32-13-19(24,25)22(28,29)21(23(30,31)20(26,27)14-33-4-2)17-11-7-5-9-15(17)16-10-6-8-12-18(16)21/h5-12H,3-4,13-14H2,1-2H3. The molecule has 0 aromatic heterocycles. The van der Waals surface area contributed by atoms with Crippen LogP contribution in [0.25, 0.3) is 11.1 Å². The number of alkyl halides is 8. The number of rotatable bonds is 10. The third-order valence-electron chi connectivity index (χ3n) is 5.79. The van der Waals surface area contributed by atoms with E-state index in [1.165, 1.54) is 26.0 Å². The highest BCUT2D eigenvalue weighted by Gasteiger charge is 2.85. The molecule has 0 amide bonds. The lowest BCUT2D eigenvalue weighted by Crippen LogP contribution is -2.70. The van der Waals surface area contributed by atoms with Crippen LogP contribution in [0.15, 0.2) is 48.5 Å². The molecule has 1 aliphatic carbocycles. The van der Waals surface area contributed by atoms with Crippen molar-refractivity contribution < 1.29 is 44.6 Å². The van der Waals surface area contributed by atoms with E-state index in [4.69, 9.17) is 0 Å². The van der Waals surface area contributed by atoms with E-state index in [1.807, 2.05) is 0 Å². The van der Waals surface area contributed by atoms with Gasteiger partial charge in [0.25, 0.3) is 0 Å². The van der Waals surface area contributed by atoms with Crippen LogP contribution < -0.4 is 0 Å². The van der Waals surface area contributed by atoms with Crippen LogP contribution in [-0.4, -0.2) is 50.1 Å². The summed E-state index contributed by atoms with van der Waals surface area (Å²) in [5.74, 6) is -21.8. The first-order valence-corrected chi connectivity index (χ1v) is 10.2. The smallest absolute Gasteiger partial charge is 0.334 e. The van der Waals surface area contributed by atoms with Gasteiger partial charge in [0.1, 0.15) is 13.2 Å². The Morgan fingerprint density at radius 1 is 0.606 bits per heavy atom. The summed E-state index contributed by atoms with van der Waals surface area (Å²) in [5.41, 5.74) is -6.96. The first kappa shape index (κ1) is 25.4. The zero-order valence-corrected chi connectivity index (χ0v) is 17.8. The van der Waals surface area contributed by atoms with Crippen molar-refractivity contribution in [1.29, 1.82) is 0 Å². The maximum Gasteiger partial charge on any atom is 0.334 e. The molecule has 0 heterocycles.